The Labute approximate surface area is 122 Å². The average molecular weight is 268 g/mol. The van der Waals surface area contributed by atoms with E-state index in [1.807, 2.05) is 0 Å². The van der Waals surface area contributed by atoms with Gasteiger partial charge in [-0.1, -0.05) is 42.5 Å². The topological polar surface area (TPSA) is 38.0 Å². The molecule has 0 saturated heterocycles. The molecule has 106 valence electrons. The minimum atomic E-state index is 0.608. The van der Waals surface area contributed by atoms with E-state index >= 15 is 0 Å². The highest BCUT2D eigenvalue weighted by atomic mass is 14.8. The van der Waals surface area contributed by atoms with Gasteiger partial charge in [0.15, 0.2) is 0 Å². The molecule has 0 radical (unpaired) electrons. The van der Waals surface area contributed by atoms with Crippen LogP contribution in [0.15, 0.2) is 42.5 Å². The highest BCUT2D eigenvalue weighted by Crippen LogP contribution is 2.10. The lowest BCUT2D eigenvalue weighted by Gasteiger charge is -2.08. The maximum atomic E-state index is 5.66. The second-order valence-corrected chi connectivity index (χ2v) is 5.37. The molecule has 2 rings (SSSR count). The van der Waals surface area contributed by atoms with Crippen LogP contribution in [0.3, 0.4) is 0 Å². The Balaban J connectivity index is 1.79. The molecule has 0 aliphatic heterocycles. The van der Waals surface area contributed by atoms with Gasteiger partial charge < -0.3 is 11.1 Å². The first-order chi connectivity index (χ1) is 9.69. The number of benzene rings is 2. The van der Waals surface area contributed by atoms with Gasteiger partial charge in [-0.15, -0.1) is 0 Å². The normalized spacial score (nSPS) is 10.8. The molecule has 20 heavy (non-hydrogen) atoms. The maximum absolute atomic E-state index is 5.66. The van der Waals surface area contributed by atoms with Crippen LogP contribution in [0.25, 0.3) is 0 Å². The van der Waals surface area contributed by atoms with E-state index in [1.54, 1.807) is 0 Å². The Hall–Kier alpha value is -1.64. The van der Waals surface area contributed by atoms with Gasteiger partial charge in [-0.25, -0.2) is 0 Å². The van der Waals surface area contributed by atoms with Gasteiger partial charge in [-0.3, -0.25) is 0 Å². The molecule has 0 unspecified atom stereocenters. The fraction of sp³-hybridized carbons (Fsp3) is 0.333. The number of nitrogens with two attached hydrogens (primary N) is 1. The lowest BCUT2D eigenvalue weighted by Crippen LogP contribution is -2.17. The summed E-state index contributed by atoms with van der Waals surface area (Å²) in [6.45, 7) is 6.83. The van der Waals surface area contributed by atoms with Gasteiger partial charge in [-0.2, -0.15) is 0 Å². The van der Waals surface area contributed by atoms with E-state index in [1.165, 1.54) is 27.8 Å². The Morgan fingerprint density at radius 2 is 1.70 bits per heavy atom. The van der Waals surface area contributed by atoms with Gasteiger partial charge in [0.05, 0.1) is 0 Å². The molecule has 0 amide bonds. The summed E-state index contributed by atoms with van der Waals surface area (Å²) in [6.07, 6.45) is 1.07. The Kier molecular flexibility index (Phi) is 5.33. The molecule has 0 fully saturated rings. The van der Waals surface area contributed by atoms with Crippen molar-refractivity contribution >= 4 is 0 Å². The molecule has 0 heterocycles. The Morgan fingerprint density at radius 1 is 0.900 bits per heavy atom. The van der Waals surface area contributed by atoms with Crippen molar-refractivity contribution in [2.45, 2.75) is 33.4 Å². The van der Waals surface area contributed by atoms with Crippen LogP contribution >= 0.6 is 0 Å². The third kappa shape index (κ3) is 4.19. The molecule has 0 atom stereocenters. The summed E-state index contributed by atoms with van der Waals surface area (Å²) >= 11 is 0. The highest BCUT2D eigenvalue weighted by Gasteiger charge is 1.98. The summed E-state index contributed by atoms with van der Waals surface area (Å²) in [6, 6.07) is 15.2. The van der Waals surface area contributed by atoms with E-state index < -0.39 is 0 Å². The van der Waals surface area contributed by atoms with Crippen molar-refractivity contribution in [3.05, 3.63) is 70.3 Å². The van der Waals surface area contributed by atoms with E-state index in [9.17, 15) is 0 Å². The molecule has 2 heteroatoms. The van der Waals surface area contributed by atoms with Crippen molar-refractivity contribution < 1.29 is 0 Å². The van der Waals surface area contributed by atoms with Crippen molar-refractivity contribution in [3.63, 3.8) is 0 Å². The number of hydrogen-bond acceptors (Lipinski definition) is 2. The molecule has 0 aliphatic rings. The second-order valence-electron chi connectivity index (χ2n) is 5.37. The molecule has 0 aromatic heterocycles. The molecule has 2 aromatic rings. The maximum Gasteiger partial charge on any atom is 0.0205 e. The van der Waals surface area contributed by atoms with E-state index in [-0.39, 0.29) is 0 Å². The zero-order chi connectivity index (χ0) is 14.4. The smallest absolute Gasteiger partial charge is 0.0205 e. The number of rotatable bonds is 6. The first-order valence-corrected chi connectivity index (χ1v) is 7.24. The summed E-state index contributed by atoms with van der Waals surface area (Å²) in [5.41, 5.74) is 12.3. The van der Waals surface area contributed by atoms with E-state index in [0.29, 0.717) is 6.54 Å². The van der Waals surface area contributed by atoms with Gasteiger partial charge in [0.2, 0.25) is 0 Å². The Morgan fingerprint density at radius 3 is 2.45 bits per heavy atom. The van der Waals surface area contributed by atoms with Gasteiger partial charge in [0, 0.05) is 13.1 Å². The van der Waals surface area contributed by atoms with Crippen LogP contribution < -0.4 is 11.1 Å². The fourth-order valence-electron chi connectivity index (χ4n) is 2.29. The molecule has 0 saturated carbocycles. The van der Waals surface area contributed by atoms with Crippen molar-refractivity contribution in [1.29, 1.82) is 0 Å². The summed E-state index contributed by atoms with van der Waals surface area (Å²) in [4.78, 5) is 0. The van der Waals surface area contributed by atoms with E-state index in [4.69, 9.17) is 5.73 Å². The van der Waals surface area contributed by atoms with Crippen LogP contribution in [0, 0.1) is 13.8 Å². The summed E-state index contributed by atoms with van der Waals surface area (Å²) in [7, 11) is 0. The lowest BCUT2D eigenvalue weighted by molar-refractivity contribution is 0.686. The molecule has 0 aliphatic carbocycles. The largest absolute Gasteiger partial charge is 0.326 e. The van der Waals surface area contributed by atoms with Crippen molar-refractivity contribution in [3.8, 4) is 0 Å². The number of hydrogen-bond donors (Lipinski definition) is 2. The van der Waals surface area contributed by atoms with Crippen molar-refractivity contribution in [2.24, 2.45) is 5.73 Å². The molecule has 0 bridgehead atoms. The first kappa shape index (κ1) is 14.8. The van der Waals surface area contributed by atoms with Gasteiger partial charge in [0.1, 0.15) is 0 Å². The zero-order valence-electron chi connectivity index (χ0n) is 12.4. The molecule has 2 aromatic carbocycles. The van der Waals surface area contributed by atoms with Gasteiger partial charge >= 0.3 is 0 Å². The van der Waals surface area contributed by atoms with Crippen LogP contribution in [0.5, 0.6) is 0 Å². The van der Waals surface area contributed by atoms with Gasteiger partial charge in [0.25, 0.3) is 0 Å². The second kappa shape index (κ2) is 7.22. The van der Waals surface area contributed by atoms with Crippen molar-refractivity contribution in [2.75, 3.05) is 6.54 Å². The van der Waals surface area contributed by atoms with Crippen LogP contribution in [0.1, 0.15) is 27.8 Å². The first-order valence-electron chi connectivity index (χ1n) is 7.24. The summed E-state index contributed by atoms with van der Waals surface area (Å²) in [5, 5.41) is 3.49. The third-order valence-corrected chi connectivity index (χ3v) is 3.72. The van der Waals surface area contributed by atoms with Gasteiger partial charge in [-0.05, 0) is 54.6 Å². The lowest BCUT2D eigenvalue weighted by atomic mass is 10.0. The molecule has 2 nitrogen and oxygen atoms in total. The monoisotopic (exact) mass is 268 g/mol. The minimum Gasteiger partial charge on any atom is -0.326 e. The van der Waals surface area contributed by atoms with Crippen LogP contribution in [0.2, 0.25) is 0 Å². The van der Waals surface area contributed by atoms with Crippen LogP contribution in [0.4, 0.5) is 0 Å². The quantitative estimate of drug-likeness (QED) is 0.790. The molecule has 0 spiro atoms. The summed E-state index contributed by atoms with van der Waals surface area (Å²) in [5.74, 6) is 0. The average Bonchev–Trinajstić information content (AvgIpc) is 2.47. The predicted molar refractivity (Wildman–Crippen MR) is 85.7 cm³/mol. The predicted octanol–water partition coefficient (Wildman–Crippen LogP) is 3.09. The van der Waals surface area contributed by atoms with Crippen molar-refractivity contribution in [1.82, 2.24) is 5.32 Å². The standard InChI is InChI=1S/C18H24N2/c1-14-6-7-16(10-15(14)2)8-9-20-13-18-5-3-4-17(11-18)12-19/h3-7,10-11,20H,8-9,12-13,19H2,1-2H3. The highest BCUT2D eigenvalue weighted by molar-refractivity contribution is 5.30. The molecule has 3 N–H and O–H groups in total. The van der Waals surface area contributed by atoms with E-state index in [2.05, 4.69) is 61.6 Å². The molecular formula is C18H24N2. The third-order valence-electron chi connectivity index (χ3n) is 3.72. The van der Waals surface area contributed by atoms with E-state index in [0.717, 1.165) is 19.5 Å². The SMILES string of the molecule is Cc1ccc(CCNCc2cccc(CN)c2)cc1C. The van der Waals surface area contributed by atoms with Crippen LogP contribution in [-0.4, -0.2) is 6.54 Å². The fourth-order valence-corrected chi connectivity index (χ4v) is 2.29. The Bertz CT molecular complexity index is 561. The molecular weight excluding hydrogens is 244 g/mol. The number of nitrogens with one attached hydrogen (secondary N) is 1. The van der Waals surface area contributed by atoms with Crippen LogP contribution in [-0.2, 0) is 19.5 Å². The minimum absolute atomic E-state index is 0.608. The zero-order valence-corrected chi connectivity index (χ0v) is 12.4. The summed E-state index contributed by atoms with van der Waals surface area (Å²) < 4.78 is 0. The number of aryl methyl sites for hydroxylation is 2.